The Bertz CT molecular complexity index is 1170. The van der Waals surface area contributed by atoms with Gasteiger partial charge in [-0.05, 0) is 137 Å². The second-order valence-electron chi connectivity index (χ2n) is 16.0. The Morgan fingerprint density at radius 1 is 0.489 bits per heavy atom. The summed E-state index contributed by atoms with van der Waals surface area (Å²) >= 11 is 0. The third-order valence-corrected chi connectivity index (χ3v) is 13.6. The smallest absolute Gasteiger partial charge is 0.164 e. The topological polar surface area (TPSA) is 9.23 Å². The zero-order valence-electron chi connectivity index (χ0n) is 28.9. The molecule has 2 atom stereocenters. The van der Waals surface area contributed by atoms with Crippen LogP contribution in [-0.2, 0) is 4.74 Å². The van der Waals surface area contributed by atoms with Crippen molar-refractivity contribution >= 4 is 0 Å². The summed E-state index contributed by atoms with van der Waals surface area (Å²) in [6.45, 7) is 4.60. The van der Waals surface area contributed by atoms with Crippen molar-refractivity contribution in [2.24, 2.45) is 47.3 Å². The number of halogens is 4. The van der Waals surface area contributed by atoms with Crippen LogP contribution < -0.4 is 0 Å². The van der Waals surface area contributed by atoms with E-state index in [4.69, 9.17) is 4.74 Å². The van der Waals surface area contributed by atoms with Gasteiger partial charge in [-0.1, -0.05) is 76.6 Å². The van der Waals surface area contributed by atoms with E-state index < -0.39 is 35.5 Å². The molecule has 47 heavy (non-hydrogen) atoms. The normalized spacial score (nSPS) is 33.3. The molecule has 0 amide bonds. The lowest BCUT2D eigenvalue weighted by atomic mass is 9.67. The first-order valence-corrected chi connectivity index (χ1v) is 19.4. The maximum atomic E-state index is 15.6. The average molecular weight is 655 g/mol. The van der Waals surface area contributed by atoms with Crippen molar-refractivity contribution < 1.29 is 22.3 Å². The second-order valence-corrected chi connectivity index (χ2v) is 16.0. The van der Waals surface area contributed by atoms with Crippen LogP contribution in [-0.4, -0.2) is 0 Å². The summed E-state index contributed by atoms with van der Waals surface area (Å²) in [7, 11) is 0. The molecule has 4 aliphatic rings. The highest BCUT2D eigenvalue weighted by Gasteiger charge is 2.40. The molecule has 2 unspecified atom stereocenters. The van der Waals surface area contributed by atoms with Gasteiger partial charge in [-0.25, -0.2) is 17.6 Å². The molecule has 0 aromatic heterocycles. The molecule has 0 N–H and O–H groups in total. The van der Waals surface area contributed by atoms with Crippen LogP contribution in [0, 0.1) is 70.6 Å². The number of rotatable bonds is 10. The lowest BCUT2D eigenvalue weighted by Crippen LogP contribution is -2.32. The van der Waals surface area contributed by atoms with Gasteiger partial charge in [-0.3, -0.25) is 0 Å². The standard InChI is InChI=1S/C42H58F4O/c1-3-27-11-15-29(16-12-27)31-19-23-33(24-20-31)41(35-7-5-9-37(43)39(35)45)47-42(36-8-6-10-38(44)40(36)46)34-25-21-32(22-26-34)30-17-13-28(4-2)14-18-30/h5-10,27-34,41-42H,3-4,11-26H2,1-2H3/t27-,28-,29-,30-,31-,32-,33-,34-,41?,42?. The average Bonchev–Trinajstić information content (AvgIpc) is 3.12. The number of benzene rings is 2. The molecule has 0 saturated heterocycles. The van der Waals surface area contributed by atoms with Gasteiger partial charge in [0.2, 0.25) is 0 Å². The first-order chi connectivity index (χ1) is 22.9. The first kappa shape index (κ1) is 35.0. The van der Waals surface area contributed by atoms with Crippen LogP contribution in [0.25, 0.3) is 0 Å². The van der Waals surface area contributed by atoms with Gasteiger partial charge in [0, 0.05) is 11.1 Å². The fraction of sp³-hybridized carbons (Fsp3) is 0.714. The summed E-state index contributed by atoms with van der Waals surface area (Å²) in [6.07, 6.45) is 19.4. The Labute approximate surface area is 281 Å². The molecule has 2 aromatic rings. The summed E-state index contributed by atoms with van der Waals surface area (Å²) < 4.78 is 67.6. The van der Waals surface area contributed by atoms with E-state index in [0.29, 0.717) is 11.8 Å². The molecular formula is C42H58F4O. The maximum absolute atomic E-state index is 15.6. The van der Waals surface area contributed by atoms with E-state index in [2.05, 4.69) is 13.8 Å². The van der Waals surface area contributed by atoms with Gasteiger partial charge < -0.3 is 4.74 Å². The van der Waals surface area contributed by atoms with Gasteiger partial charge in [0.15, 0.2) is 23.3 Å². The maximum Gasteiger partial charge on any atom is 0.164 e. The Hall–Kier alpha value is -1.88. The van der Waals surface area contributed by atoms with Crippen molar-refractivity contribution in [3.05, 3.63) is 70.8 Å². The zero-order valence-corrected chi connectivity index (χ0v) is 28.9. The summed E-state index contributed by atoms with van der Waals surface area (Å²) in [5.41, 5.74) is 0.445. The van der Waals surface area contributed by atoms with E-state index in [9.17, 15) is 8.78 Å². The van der Waals surface area contributed by atoms with Gasteiger partial charge in [0.1, 0.15) is 0 Å². The summed E-state index contributed by atoms with van der Waals surface area (Å²) in [5.74, 6) is 1.05. The minimum Gasteiger partial charge on any atom is -0.365 e. The van der Waals surface area contributed by atoms with E-state index in [1.165, 1.54) is 64.2 Å². The molecular weight excluding hydrogens is 596 g/mol. The quantitative estimate of drug-likeness (QED) is 0.232. The summed E-state index contributed by atoms with van der Waals surface area (Å²) in [6, 6.07) is 8.70. The predicted octanol–water partition coefficient (Wildman–Crippen LogP) is 13.1. The minimum absolute atomic E-state index is 0.00117. The fourth-order valence-electron chi connectivity index (χ4n) is 10.5. The number of hydrogen-bond acceptors (Lipinski definition) is 1. The molecule has 4 saturated carbocycles. The third-order valence-electron chi connectivity index (χ3n) is 13.6. The fourth-order valence-corrected chi connectivity index (χ4v) is 10.5. The number of ether oxygens (including phenoxy) is 1. The van der Waals surface area contributed by atoms with Gasteiger partial charge in [-0.2, -0.15) is 0 Å². The van der Waals surface area contributed by atoms with Crippen molar-refractivity contribution in [1.82, 2.24) is 0 Å². The monoisotopic (exact) mass is 654 g/mol. The molecule has 4 aliphatic carbocycles. The third kappa shape index (κ3) is 8.13. The zero-order chi connectivity index (χ0) is 32.9. The SMILES string of the molecule is CC[C@H]1CC[C@H]([C@H]2CC[C@H](C(OC(c3cccc(F)c3F)[C@H]3CC[C@H]([C@H]4CC[C@H](CC)CC4)CC3)c3cccc(F)c3F)CC2)CC1. The highest BCUT2D eigenvalue weighted by atomic mass is 19.2. The Morgan fingerprint density at radius 2 is 0.809 bits per heavy atom. The van der Waals surface area contributed by atoms with Crippen LogP contribution >= 0.6 is 0 Å². The molecule has 5 heteroatoms. The largest absolute Gasteiger partial charge is 0.365 e. The van der Waals surface area contributed by atoms with Gasteiger partial charge >= 0.3 is 0 Å². The molecule has 1 nitrogen and oxygen atoms in total. The van der Waals surface area contributed by atoms with E-state index in [1.807, 2.05) is 0 Å². The molecule has 2 aromatic carbocycles. The molecule has 0 spiro atoms. The molecule has 0 radical (unpaired) electrons. The minimum atomic E-state index is -0.885. The van der Waals surface area contributed by atoms with Crippen LogP contribution in [0.3, 0.4) is 0 Å². The molecule has 260 valence electrons. The van der Waals surface area contributed by atoms with Gasteiger partial charge in [0.25, 0.3) is 0 Å². The van der Waals surface area contributed by atoms with Crippen LogP contribution in [0.15, 0.2) is 36.4 Å². The highest BCUT2D eigenvalue weighted by molar-refractivity contribution is 5.25. The molecule has 0 aliphatic heterocycles. The Morgan fingerprint density at radius 3 is 1.13 bits per heavy atom. The lowest BCUT2D eigenvalue weighted by molar-refractivity contribution is -0.0962. The Kier molecular flexibility index (Phi) is 12.1. The summed E-state index contributed by atoms with van der Waals surface area (Å²) in [4.78, 5) is 0. The van der Waals surface area contributed by atoms with Crippen molar-refractivity contribution in [3.8, 4) is 0 Å². The molecule has 0 bridgehead atoms. The Balaban J connectivity index is 1.22. The lowest BCUT2D eigenvalue weighted by Gasteiger charge is -2.43. The van der Waals surface area contributed by atoms with E-state index >= 15 is 8.78 Å². The van der Waals surface area contributed by atoms with Crippen LogP contribution in [0.1, 0.15) is 153 Å². The van der Waals surface area contributed by atoms with Crippen LogP contribution in [0.4, 0.5) is 17.6 Å². The van der Waals surface area contributed by atoms with Crippen molar-refractivity contribution in [1.29, 1.82) is 0 Å². The molecule has 4 fully saturated rings. The van der Waals surface area contributed by atoms with Crippen molar-refractivity contribution in [2.75, 3.05) is 0 Å². The molecule has 0 heterocycles. The van der Waals surface area contributed by atoms with E-state index in [1.54, 1.807) is 24.3 Å². The van der Waals surface area contributed by atoms with Crippen molar-refractivity contribution in [3.63, 3.8) is 0 Å². The second kappa shape index (κ2) is 16.2. The highest BCUT2D eigenvalue weighted by Crippen LogP contribution is 2.51. The molecule has 6 rings (SSSR count). The van der Waals surface area contributed by atoms with Gasteiger partial charge in [-0.15, -0.1) is 0 Å². The summed E-state index contributed by atoms with van der Waals surface area (Å²) in [5, 5.41) is 0. The van der Waals surface area contributed by atoms with Crippen molar-refractivity contribution in [2.45, 2.75) is 142 Å². The first-order valence-electron chi connectivity index (χ1n) is 19.4. The van der Waals surface area contributed by atoms with E-state index in [0.717, 1.165) is 87.2 Å². The van der Waals surface area contributed by atoms with Crippen LogP contribution in [0.5, 0.6) is 0 Å². The number of hydrogen-bond donors (Lipinski definition) is 0. The van der Waals surface area contributed by atoms with E-state index in [-0.39, 0.29) is 23.0 Å². The van der Waals surface area contributed by atoms with Gasteiger partial charge in [0.05, 0.1) is 12.2 Å². The van der Waals surface area contributed by atoms with Crippen LogP contribution in [0.2, 0.25) is 0 Å². The predicted molar refractivity (Wildman–Crippen MR) is 182 cm³/mol.